The van der Waals surface area contributed by atoms with Crippen molar-refractivity contribution in [2.24, 2.45) is 0 Å². The minimum atomic E-state index is -0.0608. The zero-order valence-electron chi connectivity index (χ0n) is 16.1. The summed E-state index contributed by atoms with van der Waals surface area (Å²) in [6.07, 6.45) is 3.60. The molecule has 3 aromatic rings. The number of aryl methyl sites for hydroxylation is 1. The highest BCUT2D eigenvalue weighted by molar-refractivity contribution is 5.92. The van der Waals surface area contributed by atoms with E-state index in [1.807, 2.05) is 54.6 Å². The van der Waals surface area contributed by atoms with Gasteiger partial charge in [0.1, 0.15) is 5.75 Å². The molecule has 28 heavy (non-hydrogen) atoms. The SMILES string of the molecule is CCCCOc1ccccc1NC(=O)CCCc1nnc(-c2ccccc2)o1. The van der Waals surface area contributed by atoms with E-state index < -0.39 is 0 Å². The van der Waals surface area contributed by atoms with E-state index in [9.17, 15) is 4.79 Å². The van der Waals surface area contributed by atoms with E-state index in [1.165, 1.54) is 0 Å². The van der Waals surface area contributed by atoms with Gasteiger partial charge in [-0.15, -0.1) is 10.2 Å². The van der Waals surface area contributed by atoms with Gasteiger partial charge in [0.05, 0.1) is 12.3 Å². The average molecular weight is 379 g/mol. The maximum Gasteiger partial charge on any atom is 0.247 e. The second-order valence-electron chi connectivity index (χ2n) is 6.47. The molecule has 2 aromatic carbocycles. The molecule has 0 atom stereocenters. The fourth-order valence-electron chi connectivity index (χ4n) is 2.69. The molecule has 0 aliphatic rings. The number of benzene rings is 2. The molecule has 1 heterocycles. The Morgan fingerprint density at radius 2 is 1.82 bits per heavy atom. The summed E-state index contributed by atoms with van der Waals surface area (Å²) in [5, 5.41) is 11.1. The van der Waals surface area contributed by atoms with Gasteiger partial charge in [-0.05, 0) is 37.1 Å². The summed E-state index contributed by atoms with van der Waals surface area (Å²) < 4.78 is 11.4. The Morgan fingerprint density at radius 1 is 1.04 bits per heavy atom. The van der Waals surface area contributed by atoms with Gasteiger partial charge < -0.3 is 14.5 Å². The molecule has 1 aromatic heterocycles. The first-order valence-corrected chi connectivity index (χ1v) is 9.65. The van der Waals surface area contributed by atoms with Crippen LogP contribution in [0.5, 0.6) is 5.75 Å². The second kappa shape index (κ2) is 10.3. The average Bonchev–Trinajstić information content (AvgIpc) is 3.19. The van der Waals surface area contributed by atoms with Crippen LogP contribution in [0, 0.1) is 0 Å². The van der Waals surface area contributed by atoms with Gasteiger partial charge in [-0.3, -0.25) is 4.79 Å². The second-order valence-corrected chi connectivity index (χ2v) is 6.47. The van der Waals surface area contributed by atoms with Gasteiger partial charge in [0.2, 0.25) is 17.7 Å². The Bertz CT molecular complexity index is 877. The lowest BCUT2D eigenvalue weighted by atomic mass is 10.2. The van der Waals surface area contributed by atoms with Crippen molar-refractivity contribution in [2.45, 2.75) is 39.0 Å². The number of amides is 1. The molecule has 1 N–H and O–H groups in total. The molecule has 6 heteroatoms. The number of aromatic nitrogens is 2. The molecular formula is C22H25N3O3. The quantitative estimate of drug-likeness (QED) is 0.508. The van der Waals surface area contributed by atoms with Crippen molar-refractivity contribution in [3.05, 3.63) is 60.5 Å². The van der Waals surface area contributed by atoms with Gasteiger partial charge in [-0.2, -0.15) is 0 Å². The van der Waals surface area contributed by atoms with Crippen LogP contribution in [0.4, 0.5) is 5.69 Å². The summed E-state index contributed by atoms with van der Waals surface area (Å²) in [6, 6.07) is 17.1. The smallest absolute Gasteiger partial charge is 0.247 e. The van der Waals surface area contributed by atoms with E-state index in [0.29, 0.717) is 49.1 Å². The number of nitrogens with one attached hydrogen (secondary N) is 1. The summed E-state index contributed by atoms with van der Waals surface area (Å²) in [6.45, 7) is 2.76. The van der Waals surface area contributed by atoms with Crippen LogP contribution < -0.4 is 10.1 Å². The largest absolute Gasteiger partial charge is 0.491 e. The lowest BCUT2D eigenvalue weighted by Crippen LogP contribution is -2.13. The Kier molecular flexibility index (Phi) is 7.18. The fourth-order valence-corrected chi connectivity index (χ4v) is 2.69. The number of carbonyl (C=O) groups is 1. The number of anilines is 1. The zero-order chi connectivity index (χ0) is 19.6. The van der Waals surface area contributed by atoms with Gasteiger partial charge in [0, 0.05) is 18.4 Å². The molecule has 1 amide bonds. The van der Waals surface area contributed by atoms with E-state index in [0.717, 1.165) is 18.4 Å². The Balaban J connectivity index is 1.47. The van der Waals surface area contributed by atoms with Crippen molar-refractivity contribution in [3.8, 4) is 17.2 Å². The molecule has 0 saturated carbocycles. The molecule has 146 valence electrons. The summed E-state index contributed by atoms with van der Waals surface area (Å²) in [7, 11) is 0. The highest BCUT2D eigenvalue weighted by atomic mass is 16.5. The number of rotatable bonds is 10. The molecule has 0 bridgehead atoms. The molecule has 0 fully saturated rings. The minimum Gasteiger partial charge on any atom is -0.491 e. The van der Waals surface area contributed by atoms with Crippen LogP contribution in [0.1, 0.15) is 38.5 Å². The van der Waals surface area contributed by atoms with E-state index in [4.69, 9.17) is 9.15 Å². The molecule has 0 aliphatic heterocycles. The number of para-hydroxylation sites is 2. The summed E-state index contributed by atoms with van der Waals surface area (Å²) >= 11 is 0. The van der Waals surface area contributed by atoms with Crippen LogP contribution in [0.2, 0.25) is 0 Å². The number of carbonyl (C=O) groups excluding carboxylic acids is 1. The molecule has 0 aliphatic carbocycles. The van der Waals surface area contributed by atoms with E-state index in [1.54, 1.807) is 0 Å². The van der Waals surface area contributed by atoms with Gasteiger partial charge in [0.15, 0.2) is 0 Å². The van der Waals surface area contributed by atoms with E-state index >= 15 is 0 Å². The molecular weight excluding hydrogens is 354 g/mol. The minimum absolute atomic E-state index is 0.0608. The first-order chi connectivity index (χ1) is 13.8. The third-order valence-corrected chi connectivity index (χ3v) is 4.20. The number of hydrogen-bond donors (Lipinski definition) is 1. The first-order valence-electron chi connectivity index (χ1n) is 9.65. The third-order valence-electron chi connectivity index (χ3n) is 4.20. The number of hydrogen-bond acceptors (Lipinski definition) is 5. The first kappa shape index (κ1) is 19.6. The van der Waals surface area contributed by atoms with Crippen molar-refractivity contribution in [2.75, 3.05) is 11.9 Å². The molecule has 6 nitrogen and oxygen atoms in total. The molecule has 0 spiro atoms. The molecule has 0 radical (unpaired) electrons. The van der Waals surface area contributed by atoms with Gasteiger partial charge in [0.25, 0.3) is 0 Å². The van der Waals surface area contributed by atoms with Crippen LogP contribution in [-0.4, -0.2) is 22.7 Å². The standard InChI is InChI=1S/C22H25N3O3/c1-2-3-16-27-19-13-8-7-12-18(19)23-20(26)14-9-15-21-24-25-22(28-21)17-10-5-4-6-11-17/h4-8,10-13H,2-3,9,14-16H2,1H3,(H,23,26). The Morgan fingerprint density at radius 3 is 2.64 bits per heavy atom. The van der Waals surface area contributed by atoms with Gasteiger partial charge in [-0.25, -0.2) is 0 Å². The van der Waals surface area contributed by atoms with E-state index in [2.05, 4.69) is 22.4 Å². The number of unbranched alkanes of at least 4 members (excludes halogenated alkanes) is 1. The van der Waals surface area contributed by atoms with E-state index in [-0.39, 0.29) is 5.91 Å². The predicted molar refractivity (Wildman–Crippen MR) is 108 cm³/mol. The summed E-state index contributed by atoms with van der Waals surface area (Å²) in [5.74, 6) is 1.68. The maximum absolute atomic E-state index is 12.3. The van der Waals surface area contributed by atoms with Crippen molar-refractivity contribution in [1.29, 1.82) is 0 Å². The third kappa shape index (κ3) is 5.67. The number of ether oxygens (including phenoxy) is 1. The Hall–Kier alpha value is -3.15. The van der Waals surface area contributed by atoms with Crippen LogP contribution in [0.25, 0.3) is 11.5 Å². The summed E-state index contributed by atoms with van der Waals surface area (Å²) in [4.78, 5) is 12.3. The maximum atomic E-state index is 12.3. The predicted octanol–water partition coefficient (Wildman–Crippen LogP) is 4.88. The molecule has 0 saturated heterocycles. The summed E-state index contributed by atoms with van der Waals surface area (Å²) in [5.41, 5.74) is 1.59. The zero-order valence-corrected chi connectivity index (χ0v) is 16.1. The lowest BCUT2D eigenvalue weighted by molar-refractivity contribution is -0.116. The highest BCUT2D eigenvalue weighted by Gasteiger charge is 2.11. The monoisotopic (exact) mass is 379 g/mol. The van der Waals surface area contributed by atoms with Crippen molar-refractivity contribution >= 4 is 11.6 Å². The fraction of sp³-hybridized carbons (Fsp3) is 0.318. The highest BCUT2D eigenvalue weighted by Crippen LogP contribution is 2.24. The van der Waals surface area contributed by atoms with Crippen LogP contribution >= 0.6 is 0 Å². The topological polar surface area (TPSA) is 77.2 Å². The van der Waals surface area contributed by atoms with Gasteiger partial charge >= 0.3 is 0 Å². The van der Waals surface area contributed by atoms with Crippen LogP contribution in [0.15, 0.2) is 59.0 Å². The molecule has 0 unspecified atom stereocenters. The van der Waals surface area contributed by atoms with Crippen molar-refractivity contribution < 1.29 is 13.9 Å². The molecule has 3 rings (SSSR count). The van der Waals surface area contributed by atoms with Crippen molar-refractivity contribution in [3.63, 3.8) is 0 Å². The normalized spacial score (nSPS) is 10.6. The lowest BCUT2D eigenvalue weighted by Gasteiger charge is -2.12. The Labute approximate surface area is 164 Å². The van der Waals surface area contributed by atoms with Crippen LogP contribution in [-0.2, 0) is 11.2 Å². The van der Waals surface area contributed by atoms with Gasteiger partial charge in [-0.1, -0.05) is 43.7 Å². The van der Waals surface area contributed by atoms with Crippen molar-refractivity contribution in [1.82, 2.24) is 10.2 Å². The van der Waals surface area contributed by atoms with Crippen LogP contribution in [0.3, 0.4) is 0 Å². The number of nitrogens with zero attached hydrogens (tertiary/aromatic N) is 2.